The number of aryl methyl sites for hydroxylation is 1. The van der Waals surface area contributed by atoms with Crippen LogP contribution in [0, 0.1) is 6.92 Å². The highest BCUT2D eigenvalue weighted by atomic mass is 15.2. The molecule has 2 aliphatic heterocycles. The number of hydrogen-bond acceptors (Lipinski definition) is 2. The highest BCUT2D eigenvalue weighted by Gasteiger charge is 2.43. The van der Waals surface area contributed by atoms with E-state index in [0.29, 0.717) is 0 Å². The molecule has 0 unspecified atom stereocenters. The summed E-state index contributed by atoms with van der Waals surface area (Å²) in [5.74, 6) is 0. The first-order valence-corrected chi connectivity index (χ1v) is 9.75. The van der Waals surface area contributed by atoms with Crippen LogP contribution in [0.5, 0.6) is 0 Å². The van der Waals surface area contributed by atoms with Gasteiger partial charge in [0.2, 0.25) is 0 Å². The summed E-state index contributed by atoms with van der Waals surface area (Å²) in [5.41, 5.74) is 10.9. The van der Waals surface area contributed by atoms with E-state index in [1.165, 1.54) is 44.7 Å². The van der Waals surface area contributed by atoms with Gasteiger partial charge in [0.1, 0.15) is 0 Å². The van der Waals surface area contributed by atoms with Crippen molar-refractivity contribution in [2.75, 3.05) is 16.8 Å². The topological polar surface area (TPSA) is 6.48 Å². The lowest BCUT2D eigenvalue weighted by Gasteiger charge is -2.48. The van der Waals surface area contributed by atoms with E-state index >= 15 is 0 Å². The summed E-state index contributed by atoms with van der Waals surface area (Å²) in [5, 5.41) is 0. The second kappa shape index (κ2) is 5.42. The van der Waals surface area contributed by atoms with Gasteiger partial charge in [0.15, 0.2) is 0 Å². The first-order chi connectivity index (χ1) is 12.9. The van der Waals surface area contributed by atoms with Crippen LogP contribution >= 0.6 is 0 Å². The van der Waals surface area contributed by atoms with Crippen molar-refractivity contribution in [2.45, 2.75) is 33.2 Å². The summed E-state index contributed by atoms with van der Waals surface area (Å²) in [6.45, 7) is 9.41. The van der Waals surface area contributed by atoms with Gasteiger partial charge in [-0.3, -0.25) is 0 Å². The number of anilines is 4. The zero-order chi connectivity index (χ0) is 18.9. The molecule has 2 aliphatic rings. The van der Waals surface area contributed by atoms with Crippen molar-refractivity contribution < 1.29 is 0 Å². The fourth-order valence-corrected chi connectivity index (χ4v) is 5.08. The molecular weight excluding hydrogens is 327 g/mol. The van der Waals surface area contributed by atoms with Gasteiger partial charge in [0, 0.05) is 35.3 Å². The Morgan fingerprint density at radius 3 is 2.15 bits per heavy atom. The Kier molecular flexibility index (Phi) is 3.31. The zero-order valence-corrected chi connectivity index (χ0v) is 16.7. The maximum Gasteiger partial charge on any atom is 0.252 e. The number of para-hydroxylation sites is 2. The van der Waals surface area contributed by atoms with Crippen molar-refractivity contribution in [1.29, 1.82) is 0 Å². The molecule has 0 aliphatic carbocycles. The summed E-state index contributed by atoms with van der Waals surface area (Å²) in [7, 11) is 2.21. The SMILES string of the molecule is Cc1cccc2c1N(C)c1cccc3c1B2c1ccccc1N3C(C)(C)C. The van der Waals surface area contributed by atoms with Gasteiger partial charge in [0.05, 0.1) is 0 Å². The van der Waals surface area contributed by atoms with Crippen LogP contribution in [-0.2, 0) is 0 Å². The zero-order valence-electron chi connectivity index (χ0n) is 16.7. The van der Waals surface area contributed by atoms with Gasteiger partial charge < -0.3 is 9.80 Å². The van der Waals surface area contributed by atoms with Crippen LogP contribution in [0.15, 0.2) is 60.7 Å². The van der Waals surface area contributed by atoms with Crippen molar-refractivity contribution >= 4 is 45.9 Å². The largest absolute Gasteiger partial charge is 0.345 e. The monoisotopic (exact) mass is 352 g/mol. The van der Waals surface area contributed by atoms with Crippen LogP contribution < -0.4 is 26.2 Å². The van der Waals surface area contributed by atoms with Crippen LogP contribution in [0.1, 0.15) is 26.3 Å². The minimum atomic E-state index is 0.00164. The molecule has 2 heterocycles. The molecule has 2 nitrogen and oxygen atoms in total. The molecule has 0 saturated carbocycles. The lowest BCUT2D eigenvalue weighted by Crippen LogP contribution is -2.63. The smallest absolute Gasteiger partial charge is 0.252 e. The Morgan fingerprint density at radius 1 is 0.741 bits per heavy atom. The molecule has 0 N–H and O–H groups in total. The molecule has 0 fully saturated rings. The summed E-state index contributed by atoms with van der Waals surface area (Å²) in [6, 6.07) is 22.5. The first kappa shape index (κ1) is 16.5. The van der Waals surface area contributed by atoms with E-state index in [1.807, 2.05) is 0 Å². The molecule has 0 atom stereocenters. The highest BCUT2D eigenvalue weighted by molar-refractivity contribution is 7.00. The van der Waals surface area contributed by atoms with Gasteiger partial charge in [-0.05, 0) is 67.8 Å². The van der Waals surface area contributed by atoms with Crippen molar-refractivity contribution in [1.82, 2.24) is 0 Å². The quantitative estimate of drug-likeness (QED) is 0.567. The van der Waals surface area contributed by atoms with Crippen molar-refractivity contribution in [3.05, 3.63) is 66.2 Å². The first-order valence-electron chi connectivity index (χ1n) is 9.75. The summed E-state index contributed by atoms with van der Waals surface area (Å²) >= 11 is 0. The molecular formula is C24H25BN2. The minimum absolute atomic E-state index is 0.00164. The molecule has 134 valence electrons. The lowest BCUT2D eigenvalue weighted by molar-refractivity contribution is 0.561. The third-order valence-corrected chi connectivity index (χ3v) is 6.03. The van der Waals surface area contributed by atoms with Gasteiger partial charge in [0.25, 0.3) is 6.71 Å². The fraction of sp³-hybridized carbons (Fsp3) is 0.250. The van der Waals surface area contributed by atoms with Crippen LogP contribution in [0.4, 0.5) is 22.7 Å². The maximum atomic E-state index is 2.52. The van der Waals surface area contributed by atoms with Crippen LogP contribution in [0.3, 0.4) is 0 Å². The predicted molar refractivity (Wildman–Crippen MR) is 119 cm³/mol. The lowest BCUT2D eigenvalue weighted by atomic mass is 9.33. The number of rotatable bonds is 0. The molecule has 3 aromatic carbocycles. The molecule has 0 aromatic heterocycles. The Balaban J connectivity index is 1.91. The van der Waals surface area contributed by atoms with Gasteiger partial charge in [-0.2, -0.15) is 0 Å². The average molecular weight is 352 g/mol. The van der Waals surface area contributed by atoms with Gasteiger partial charge in [-0.1, -0.05) is 42.5 Å². The van der Waals surface area contributed by atoms with E-state index in [1.54, 1.807) is 0 Å². The number of fused-ring (bicyclic) bond motifs is 4. The van der Waals surface area contributed by atoms with E-state index in [0.717, 1.165) is 0 Å². The molecule has 3 heteroatoms. The molecule has 0 amide bonds. The molecule has 0 spiro atoms. The van der Waals surface area contributed by atoms with Crippen molar-refractivity contribution in [3.63, 3.8) is 0 Å². The molecule has 0 bridgehead atoms. The number of hydrogen-bond donors (Lipinski definition) is 0. The fourth-order valence-electron chi connectivity index (χ4n) is 5.08. The van der Waals surface area contributed by atoms with E-state index in [4.69, 9.17) is 0 Å². The van der Waals surface area contributed by atoms with Crippen molar-refractivity contribution in [3.8, 4) is 0 Å². The van der Waals surface area contributed by atoms with Gasteiger partial charge >= 0.3 is 0 Å². The second-order valence-electron chi connectivity index (χ2n) is 8.78. The van der Waals surface area contributed by atoms with Crippen LogP contribution in [0.2, 0.25) is 0 Å². The van der Waals surface area contributed by atoms with Gasteiger partial charge in [-0.15, -0.1) is 0 Å². The second-order valence-corrected chi connectivity index (χ2v) is 8.78. The number of nitrogens with zero attached hydrogens (tertiary/aromatic N) is 2. The van der Waals surface area contributed by atoms with E-state index < -0.39 is 0 Å². The van der Waals surface area contributed by atoms with Gasteiger partial charge in [-0.25, -0.2) is 0 Å². The molecule has 27 heavy (non-hydrogen) atoms. The minimum Gasteiger partial charge on any atom is -0.345 e. The Hall–Kier alpha value is -2.68. The third-order valence-electron chi connectivity index (χ3n) is 6.03. The molecule has 5 rings (SSSR count). The summed E-state index contributed by atoms with van der Waals surface area (Å²) < 4.78 is 0. The van der Waals surface area contributed by atoms with E-state index in [-0.39, 0.29) is 12.3 Å². The standard InChI is InChI=1S/C24H25BN2/c1-16-10-8-12-18-23(16)26(5)20-14-9-15-21-22(20)25(18)17-11-6-7-13-19(17)27(21)24(2,3)4/h6-15H,1-5H3. The Labute approximate surface area is 162 Å². The van der Waals surface area contributed by atoms with E-state index in [2.05, 4.69) is 105 Å². The van der Waals surface area contributed by atoms with Crippen molar-refractivity contribution in [2.24, 2.45) is 0 Å². The van der Waals surface area contributed by atoms with Crippen LogP contribution in [-0.4, -0.2) is 19.3 Å². The van der Waals surface area contributed by atoms with E-state index in [9.17, 15) is 0 Å². The summed E-state index contributed by atoms with van der Waals surface area (Å²) in [4.78, 5) is 4.90. The van der Waals surface area contributed by atoms with Crippen LogP contribution in [0.25, 0.3) is 0 Å². The molecule has 3 aromatic rings. The third kappa shape index (κ3) is 2.14. The Morgan fingerprint density at radius 2 is 1.37 bits per heavy atom. The highest BCUT2D eigenvalue weighted by Crippen LogP contribution is 2.40. The predicted octanol–water partition coefficient (Wildman–Crippen LogP) is 3.84. The average Bonchev–Trinajstić information content (AvgIpc) is 2.63. The Bertz CT molecular complexity index is 1060. The molecule has 0 radical (unpaired) electrons. The maximum absolute atomic E-state index is 2.52. The number of benzene rings is 3. The molecule has 0 saturated heterocycles. The summed E-state index contributed by atoms with van der Waals surface area (Å²) in [6.07, 6.45) is 0. The normalized spacial score (nSPS) is 14.6.